The van der Waals surface area contributed by atoms with Gasteiger partial charge in [-0.25, -0.2) is 4.68 Å². The molecule has 1 amide bonds. The third-order valence-corrected chi connectivity index (χ3v) is 5.35. The Balaban J connectivity index is 1.51. The van der Waals surface area contributed by atoms with Crippen molar-refractivity contribution in [2.75, 3.05) is 19.1 Å². The summed E-state index contributed by atoms with van der Waals surface area (Å²) in [4.78, 5) is 15.3. The molecule has 2 aromatic rings. The van der Waals surface area contributed by atoms with E-state index in [1.165, 1.54) is 16.7 Å². The van der Waals surface area contributed by atoms with Crippen LogP contribution in [-0.2, 0) is 11.3 Å². The molecule has 1 aromatic carbocycles. The smallest absolute Gasteiger partial charge is 0.233 e. The van der Waals surface area contributed by atoms with E-state index >= 15 is 0 Å². The molecule has 0 saturated heterocycles. The van der Waals surface area contributed by atoms with Crippen molar-refractivity contribution >= 4 is 29.4 Å². The second-order valence-corrected chi connectivity index (χ2v) is 7.35. The van der Waals surface area contributed by atoms with E-state index in [1.807, 2.05) is 11.7 Å². The first kappa shape index (κ1) is 16.3. The van der Waals surface area contributed by atoms with Crippen molar-refractivity contribution in [2.45, 2.75) is 35.5 Å². The maximum Gasteiger partial charge on any atom is 0.233 e. The van der Waals surface area contributed by atoms with Crippen LogP contribution >= 0.6 is 23.5 Å². The second-order valence-electron chi connectivity index (χ2n) is 5.52. The predicted octanol–water partition coefficient (Wildman–Crippen LogP) is 2.48. The molecular weight excluding hydrogens is 330 g/mol. The van der Waals surface area contributed by atoms with E-state index in [-0.39, 0.29) is 5.91 Å². The number of thioether (sulfide) groups is 2. The SMILES string of the molecule is CSc1ccc(CN(C)C(=O)CSc2nnnn2C2CC2)cc1. The summed E-state index contributed by atoms with van der Waals surface area (Å²) < 4.78 is 1.83. The van der Waals surface area contributed by atoms with Gasteiger partial charge in [0.15, 0.2) is 0 Å². The minimum absolute atomic E-state index is 0.0780. The number of rotatable bonds is 7. The molecule has 1 aromatic heterocycles. The lowest BCUT2D eigenvalue weighted by Gasteiger charge is -2.17. The summed E-state index contributed by atoms with van der Waals surface area (Å²) in [5.74, 6) is 0.432. The lowest BCUT2D eigenvalue weighted by molar-refractivity contribution is -0.127. The molecule has 122 valence electrons. The molecule has 1 fully saturated rings. The summed E-state index contributed by atoms with van der Waals surface area (Å²) in [7, 11) is 1.83. The van der Waals surface area contributed by atoms with Gasteiger partial charge in [0.05, 0.1) is 11.8 Å². The highest BCUT2D eigenvalue weighted by molar-refractivity contribution is 7.99. The maximum atomic E-state index is 12.3. The number of tetrazole rings is 1. The third-order valence-electron chi connectivity index (χ3n) is 3.68. The molecule has 0 aliphatic heterocycles. The zero-order valence-corrected chi connectivity index (χ0v) is 14.8. The fourth-order valence-electron chi connectivity index (χ4n) is 2.16. The van der Waals surface area contributed by atoms with E-state index in [2.05, 4.69) is 46.0 Å². The first-order chi connectivity index (χ1) is 11.2. The lowest BCUT2D eigenvalue weighted by atomic mass is 10.2. The number of carbonyl (C=O) groups is 1. The predicted molar refractivity (Wildman–Crippen MR) is 91.5 cm³/mol. The van der Waals surface area contributed by atoms with E-state index < -0.39 is 0 Å². The molecule has 1 heterocycles. The van der Waals surface area contributed by atoms with Gasteiger partial charge in [-0.05, 0) is 47.2 Å². The minimum Gasteiger partial charge on any atom is -0.341 e. The topological polar surface area (TPSA) is 63.9 Å². The Hall–Kier alpha value is -1.54. The summed E-state index contributed by atoms with van der Waals surface area (Å²) in [6.45, 7) is 0.613. The van der Waals surface area contributed by atoms with Gasteiger partial charge >= 0.3 is 0 Å². The number of carbonyl (C=O) groups excluding carboxylic acids is 1. The zero-order valence-electron chi connectivity index (χ0n) is 13.2. The van der Waals surface area contributed by atoms with Crippen LogP contribution in [0, 0.1) is 0 Å². The highest BCUT2D eigenvalue weighted by Crippen LogP contribution is 2.36. The van der Waals surface area contributed by atoms with E-state index in [4.69, 9.17) is 0 Å². The molecule has 0 spiro atoms. The number of benzene rings is 1. The van der Waals surface area contributed by atoms with Gasteiger partial charge in [-0.15, -0.1) is 16.9 Å². The van der Waals surface area contributed by atoms with Gasteiger partial charge in [0.1, 0.15) is 0 Å². The first-order valence-corrected chi connectivity index (χ1v) is 9.66. The summed E-state index contributed by atoms with van der Waals surface area (Å²) in [6, 6.07) is 8.72. The average Bonchev–Trinajstić information content (AvgIpc) is 3.31. The van der Waals surface area contributed by atoms with Gasteiger partial charge in [0.25, 0.3) is 0 Å². The fraction of sp³-hybridized carbons (Fsp3) is 0.467. The Kier molecular flexibility index (Phi) is 5.22. The largest absolute Gasteiger partial charge is 0.341 e. The van der Waals surface area contributed by atoms with Crippen LogP contribution < -0.4 is 0 Å². The molecule has 1 aliphatic carbocycles. The van der Waals surface area contributed by atoms with Gasteiger partial charge in [0.2, 0.25) is 11.1 Å². The molecule has 1 saturated carbocycles. The van der Waals surface area contributed by atoms with Crippen LogP contribution in [0.5, 0.6) is 0 Å². The van der Waals surface area contributed by atoms with Crippen molar-refractivity contribution in [1.29, 1.82) is 0 Å². The quantitative estimate of drug-likeness (QED) is 0.716. The maximum absolute atomic E-state index is 12.3. The Morgan fingerprint density at radius 2 is 2.09 bits per heavy atom. The average molecular weight is 349 g/mol. The first-order valence-electron chi connectivity index (χ1n) is 7.45. The molecule has 23 heavy (non-hydrogen) atoms. The third kappa shape index (κ3) is 4.26. The van der Waals surface area contributed by atoms with Gasteiger partial charge in [0, 0.05) is 18.5 Å². The highest BCUT2D eigenvalue weighted by Gasteiger charge is 2.28. The van der Waals surface area contributed by atoms with Crippen LogP contribution in [0.1, 0.15) is 24.4 Å². The minimum atomic E-state index is 0.0780. The van der Waals surface area contributed by atoms with Crippen molar-refractivity contribution in [2.24, 2.45) is 0 Å². The van der Waals surface area contributed by atoms with Crippen LogP contribution in [-0.4, -0.2) is 50.1 Å². The summed E-state index contributed by atoms with van der Waals surface area (Å²) in [6.07, 6.45) is 4.30. The Morgan fingerprint density at radius 3 is 2.74 bits per heavy atom. The monoisotopic (exact) mass is 349 g/mol. The Morgan fingerprint density at radius 1 is 1.35 bits per heavy atom. The van der Waals surface area contributed by atoms with Gasteiger partial charge in [-0.2, -0.15) is 0 Å². The van der Waals surface area contributed by atoms with Gasteiger partial charge < -0.3 is 4.90 Å². The molecule has 0 bridgehead atoms. The van der Waals surface area contributed by atoms with Crippen molar-refractivity contribution in [1.82, 2.24) is 25.1 Å². The van der Waals surface area contributed by atoms with E-state index in [9.17, 15) is 4.79 Å². The Bertz CT molecular complexity index is 669. The molecule has 3 rings (SSSR count). The van der Waals surface area contributed by atoms with E-state index in [0.717, 1.165) is 23.6 Å². The fourth-order valence-corrected chi connectivity index (χ4v) is 3.45. The van der Waals surface area contributed by atoms with Crippen LogP contribution in [0.4, 0.5) is 0 Å². The second kappa shape index (κ2) is 7.35. The Labute approximate surface area is 144 Å². The number of hydrogen-bond donors (Lipinski definition) is 0. The number of aromatic nitrogens is 4. The number of amides is 1. The number of hydrogen-bond acceptors (Lipinski definition) is 6. The van der Waals surface area contributed by atoms with Gasteiger partial charge in [-0.1, -0.05) is 23.9 Å². The zero-order chi connectivity index (χ0) is 16.2. The summed E-state index contributed by atoms with van der Waals surface area (Å²) in [5.41, 5.74) is 1.13. The van der Waals surface area contributed by atoms with Crippen molar-refractivity contribution < 1.29 is 4.79 Å². The van der Waals surface area contributed by atoms with Crippen molar-refractivity contribution in [3.05, 3.63) is 29.8 Å². The van der Waals surface area contributed by atoms with Crippen LogP contribution in [0.15, 0.2) is 34.3 Å². The molecule has 8 heteroatoms. The molecular formula is C15H19N5OS2. The van der Waals surface area contributed by atoms with Gasteiger partial charge in [-0.3, -0.25) is 4.79 Å². The van der Waals surface area contributed by atoms with Crippen molar-refractivity contribution in [3.8, 4) is 0 Å². The molecule has 0 unspecified atom stereocenters. The molecule has 0 N–H and O–H groups in total. The summed E-state index contributed by atoms with van der Waals surface area (Å²) in [5, 5.41) is 12.4. The van der Waals surface area contributed by atoms with E-state index in [0.29, 0.717) is 18.3 Å². The molecule has 0 radical (unpaired) electrons. The summed E-state index contributed by atoms with van der Waals surface area (Å²) >= 11 is 3.12. The van der Waals surface area contributed by atoms with Crippen LogP contribution in [0.3, 0.4) is 0 Å². The van der Waals surface area contributed by atoms with Crippen molar-refractivity contribution in [3.63, 3.8) is 0 Å². The normalized spacial score (nSPS) is 14.0. The lowest BCUT2D eigenvalue weighted by Crippen LogP contribution is -2.27. The highest BCUT2D eigenvalue weighted by atomic mass is 32.2. The molecule has 6 nitrogen and oxygen atoms in total. The number of nitrogens with zero attached hydrogens (tertiary/aromatic N) is 5. The standard InChI is InChI=1S/C15H19N5OS2/c1-19(9-11-3-7-13(22-2)8-4-11)14(21)10-23-15-16-17-18-20(15)12-5-6-12/h3-4,7-8,12H,5-6,9-10H2,1-2H3. The van der Waals surface area contributed by atoms with E-state index in [1.54, 1.807) is 16.7 Å². The van der Waals surface area contributed by atoms with Crippen LogP contribution in [0.2, 0.25) is 0 Å². The molecule has 1 aliphatic rings. The van der Waals surface area contributed by atoms with Crippen LogP contribution in [0.25, 0.3) is 0 Å². The molecule has 0 atom stereocenters.